The number of carbonyl (C=O) groups is 2. The van der Waals surface area contributed by atoms with Crippen LogP contribution in [-0.2, 0) is 14.3 Å². The number of ketones is 2. The molecule has 3 atom stereocenters. The second-order valence-corrected chi connectivity index (χ2v) is 6.33. The summed E-state index contributed by atoms with van der Waals surface area (Å²) in [6.07, 6.45) is 1.36. The lowest BCUT2D eigenvalue weighted by molar-refractivity contribution is -0.136. The van der Waals surface area contributed by atoms with Gasteiger partial charge in [-0.2, -0.15) is 0 Å². The zero-order chi connectivity index (χ0) is 15.5. The second-order valence-electron chi connectivity index (χ2n) is 6.33. The van der Waals surface area contributed by atoms with Crippen LogP contribution in [0.3, 0.4) is 0 Å². The number of allylic oxidation sites excluding steroid dienone is 2. The van der Waals surface area contributed by atoms with E-state index in [0.29, 0.717) is 11.5 Å². The molecule has 0 amide bonds. The van der Waals surface area contributed by atoms with Crippen molar-refractivity contribution >= 4 is 11.6 Å². The SMILES string of the molecule is C[C@@H]1[C@@H](c2ccc3c(c2)OCO3)OC2=CC(=O)C(=O)C[C@]21C. The van der Waals surface area contributed by atoms with Crippen LogP contribution in [0.4, 0.5) is 0 Å². The van der Waals surface area contributed by atoms with Gasteiger partial charge in [-0.15, -0.1) is 0 Å². The van der Waals surface area contributed by atoms with E-state index in [1.807, 2.05) is 25.1 Å². The van der Waals surface area contributed by atoms with Crippen molar-refractivity contribution in [1.29, 1.82) is 0 Å². The average Bonchev–Trinajstić information content (AvgIpc) is 3.04. The number of benzene rings is 1. The molecule has 5 heteroatoms. The van der Waals surface area contributed by atoms with Gasteiger partial charge in [0.15, 0.2) is 11.5 Å². The fraction of sp³-hybridized carbons (Fsp3) is 0.412. The molecule has 0 aromatic heterocycles. The van der Waals surface area contributed by atoms with Crippen LogP contribution in [0.1, 0.15) is 31.9 Å². The third-order valence-electron chi connectivity index (χ3n) is 5.07. The summed E-state index contributed by atoms with van der Waals surface area (Å²) >= 11 is 0. The number of fused-ring (bicyclic) bond motifs is 2. The number of hydrogen-bond donors (Lipinski definition) is 0. The first-order valence-electron chi connectivity index (χ1n) is 7.34. The van der Waals surface area contributed by atoms with E-state index < -0.39 is 11.2 Å². The van der Waals surface area contributed by atoms with Crippen molar-refractivity contribution in [3.05, 3.63) is 35.6 Å². The van der Waals surface area contributed by atoms with Crippen LogP contribution in [-0.4, -0.2) is 18.4 Å². The van der Waals surface area contributed by atoms with Gasteiger partial charge in [0.05, 0.1) is 0 Å². The number of rotatable bonds is 1. The minimum Gasteiger partial charge on any atom is -0.489 e. The maximum Gasteiger partial charge on any atom is 0.231 e. The summed E-state index contributed by atoms with van der Waals surface area (Å²) < 4.78 is 16.8. The van der Waals surface area contributed by atoms with Crippen LogP contribution in [0.2, 0.25) is 0 Å². The molecule has 2 aliphatic heterocycles. The quantitative estimate of drug-likeness (QED) is 0.746. The van der Waals surface area contributed by atoms with Crippen molar-refractivity contribution in [2.75, 3.05) is 6.79 Å². The summed E-state index contributed by atoms with van der Waals surface area (Å²) in [5.41, 5.74) is 0.541. The second kappa shape index (κ2) is 4.35. The van der Waals surface area contributed by atoms with Gasteiger partial charge >= 0.3 is 0 Å². The molecular weight excluding hydrogens is 284 g/mol. The van der Waals surface area contributed by atoms with E-state index in [1.165, 1.54) is 6.08 Å². The summed E-state index contributed by atoms with van der Waals surface area (Å²) in [6.45, 7) is 4.27. The van der Waals surface area contributed by atoms with Crippen LogP contribution in [0, 0.1) is 11.3 Å². The highest BCUT2D eigenvalue weighted by Crippen LogP contribution is 2.56. The van der Waals surface area contributed by atoms with Crippen molar-refractivity contribution in [2.45, 2.75) is 26.4 Å². The zero-order valence-electron chi connectivity index (χ0n) is 12.4. The molecule has 0 saturated carbocycles. The molecule has 0 spiro atoms. The third-order valence-corrected chi connectivity index (χ3v) is 5.07. The Kier molecular flexibility index (Phi) is 2.64. The normalized spacial score (nSPS) is 32.5. The van der Waals surface area contributed by atoms with Crippen LogP contribution in [0.25, 0.3) is 0 Å². The van der Waals surface area contributed by atoms with E-state index in [4.69, 9.17) is 14.2 Å². The Morgan fingerprint density at radius 3 is 2.77 bits per heavy atom. The molecule has 1 aromatic rings. The summed E-state index contributed by atoms with van der Waals surface area (Å²) in [6, 6.07) is 5.72. The Morgan fingerprint density at radius 1 is 1.18 bits per heavy atom. The Bertz CT molecular complexity index is 720. The molecule has 1 aromatic carbocycles. The van der Waals surface area contributed by atoms with E-state index >= 15 is 0 Å². The Morgan fingerprint density at radius 2 is 1.95 bits per heavy atom. The summed E-state index contributed by atoms with van der Waals surface area (Å²) in [5.74, 6) is 1.32. The minimum atomic E-state index is -0.467. The minimum absolute atomic E-state index is 0.0798. The Hall–Kier alpha value is -2.30. The fourth-order valence-electron chi connectivity index (χ4n) is 3.45. The first kappa shape index (κ1) is 13.4. The topological polar surface area (TPSA) is 61.8 Å². The van der Waals surface area contributed by atoms with Gasteiger partial charge in [-0.3, -0.25) is 9.59 Å². The predicted molar refractivity (Wildman–Crippen MR) is 76.4 cm³/mol. The van der Waals surface area contributed by atoms with Gasteiger partial charge in [-0.05, 0) is 17.7 Å². The lowest BCUT2D eigenvalue weighted by Gasteiger charge is -2.29. The summed E-state index contributed by atoms with van der Waals surface area (Å²) in [4.78, 5) is 23.4. The van der Waals surface area contributed by atoms with Crippen LogP contribution >= 0.6 is 0 Å². The van der Waals surface area contributed by atoms with E-state index in [0.717, 1.165) is 11.3 Å². The molecule has 5 nitrogen and oxygen atoms in total. The third kappa shape index (κ3) is 1.71. The first-order chi connectivity index (χ1) is 10.5. The molecule has 22 heavy (non-hydrogen) atoms. The highest BCUT2D eigenvalue weighted by molar-refractivity contribution is 6.42. The predicted octanol–water partition coefficient (Wildman–Crippen LogP) is 2.55. The van der Waals surface area contributed by atoms with Crippen molar-refractivity contribution in [3.63, 3.8) is 0 Å². The molecule has 0 radical (unpaired) electrons. The molecule has 3 aliphatic rings. The standard InChI is InChI=1S/C17H16O5/c1-9-16(10-3-4-13-14(5-10)21-8-20-13)22-15-6-11(18)12(19)7-17(9,15)2/h3-6,9,16H,7-8H2,1-2H3/t9-,16+,17+/m1/s1. The smallest absolute Gasteiger partial charge is 0.231 e. The first-order valence-corrected chi connectivity index (χ1v) is 7.34. The summed E-state index contributed by atoms with van der Waals surface area (Å²) in [7, 11) is 0. The zero-order valence-corrected chi connectivity index (χ0v) is 12.4. The fourth-order valence-corrected chi connectivity index (χ4v) is 3.45. The van der Waals surface area contributed by atoms with Gasteiger partial charge in [0, 0.05) is 23.8 Å². The van der Waals surface area contributed by atoms with Gasteiger partial charge in [-0.25, -0.2) is 0 Å². The van der Waals surface area contributed by atoms with Gasteiger partial charge in [0.2, 0.25) is 18.4 Å². The molecule has 4 rings (SSSR count). The largest absolute Gasteiger partial charge is 0.489 e. The molecule has 0 bridgehead atoms. The number of hydrogen-bond acceptors (Lipinski definition) is 5. The van der Waals surface area contributed by atoms with Crippen molar-refractivity contribution in [1.82, 2.24) is 0 Å². The average molecular weight is 300 g/mol. The van der Waals surface area contributed by atoms with Crippen LogP contribution in [0.15, 0.2) is 30.0 Å². The maximum atomic E-state index is 11.8. The molecule has 1 aliphatic carbocycles. The molecule has 114 valence electrons. The maximum absolute atomic E-state index is 11.8. The van der Waals surface area contributed by atoms with Crippen LogP contribution in [0.5, 0.6) is 11.5 Å². The van der Waals surface area contributed by atoms with Gasteiger partial charge in [0.1, 0.15) is 11.9 Å². The molecule has 2 heterocycles. The highest BCUT2D eigenvalue weighted by atomic mass is 16.7. The highest BCUT2D eigenvalue weighted by Gasteiger charge is 2.53. The van der Waals surface area contributed by atoms with Gasteiger partial charge in [-0.1, -0.05) is 19.9 Å². The van der Waals surface area contributed by atoms with Gasteiger partial charge < -0.3 is 14.2 Å². The van der Waals surface area contributed by atoms with Crippen molar-refractivity contribution < 1.29 is 23.8 Å². The number of ether oxygens (including phenoxy) is 3. The number of Topliss-reactive ketones (excluding diaryl/α,β-unsaturated/α-hetero) is 1. The van der Waals surface area contributed by atoms with Crippen LogP contribution < -0.4 is 9.47 Å². The molecule has 0 N–H and O–H groups in total. The van der Waals surface area contributed by atoms with E-state index in [9.17, 15) is 9.59 Å². The molecular formula is C17H16O5. The van der Waals surface area contributed by atoms with E-state index in [2.05, 4.69) is 6.92 Å². The van der Waals surface area contributed by atoms with E-state index in [1.54, 1.807) is 0 Å². The van der Waals surface area contributed by atoms with Gasteiger partial charge in [0.25, 0.3) is 0 Å². The lowest BCUT2D eigenvalue weighted by Crippen LogP contribution is -2.33. The lowest BCUT2D eigenvalue weighted by atomic mass is 9.69. The molecule has 1 saturated heterocycles. The Balaban J connectivity index is 1.72. The van der Waals surface area contributed by atoms with Crippen molar-refractivity contribution in [2.24, 2.45) is 11.3 Å². The van der Waals surface area contributed by atoms with E-state index in [-0.39, 0.29) is 31.0 Å². The monoisotopic (exact) mass is 300 g/mol. The number of carbonyl (C=O) groups excluding carboxylic acids is 2. The molecule has 1 fully saturated rings. The summed E-state index contributed by atoms with van der Waals surface area (Å²) in [5, 5.41) is 0. The molecule has 0 unspecified atom stereocenters. The Labute approximate surface area is 127 Å². The van der Waals surface area contributed by atoms with Crippen molar-refractivity contribution in [3.8, 4) is 11.5 Å².